The van der Waals surface area contributed by atoms with Crippen LogP contribution in [0.3, 0.4) is 0 Å². The van der Waals surface area contributed by atoms with Crippen molar-refractivity contribution in [2.75, 3.05) is 25.4 Å². The molecule has 26 heavy (non-hydrogen) atoms. The van der Waals surface area contributed by atoms with E-state index in [4.69, 9.17) is 10.5 Å². The molecule has 0 atom stereocenters. The second-order valence-electron chi connectivity index (χ2n) is 7.19. The first-order chi connectivity index (χ1) is 12.7. The molecular weight excluding hydrogens is 328 g/mol. The van der Waals surface area contributed by atoms with Gasteiger partial charge in [0.05, 0.1) is 23.5 Å². The van der Waals surface area contributed by atoms with Gasteiger partial charge < -0.3 is 10.5 Å². The Labute approximate surface area is 151 Å². The fourth-order valence-corrected chi connectivity index (χ4v) is 4.23. The van der Waals surface area contributed by atoms with Crippen LogP contribution in [-0.4, -0.2) is 44.8 Å². The molecule has 2 aliphatic rings. The van der Waals surface area contributed by atoms with Gasteiger partial charge in [-0.2, -0.15) is 5.10 Å². The number of aromatic amines is 1. The normalized spacial score (nSPS) is 19.7. The summed E-state index contributed by atoms with van der Waals surface area (Å²) >= 11 is 0. The summed E-state index contributed by atoms with van der Waals surface area (Å²) in [6.07, 6.45) is 4.57. The third kappa shape index (κ3) is 2.55. The first kappa shape index (κ1) is 15.7. The number of likely N-dealkylation sites (tertiary alicyclic amines) is 1. The number of nitrogens with zero attached hydrogens (tertiary/aromatic N) is 4. The Bertz CT molecular complexity index is 944. The summed E-state index contributed by atoms with van der Waals surface area (Å²) in [6.45, 7) is 3.51. The van der Waals surface area contributed by atoms with Crippen LogP contribution >= 0.6 is 0 Å². The van der Waals surface area contributed by atoms with Gasteiger partial charge in [-0.15, -0.1) is 0 Å². The van der Waals surface area contributed by atoms with Gasteiger partial charge in [0.2, 0.25) is 5.95 Å². The van der Waals surface area contributed by atoms with Gasteiger partial charge in [0.15, 0.2) is 0 Å². The molecule has 1 fully saturated rings. The van der Waals surface area contributed by atoms with Crippen molar-refractivity contribution in [3.05, 3.63) is 47.4 Å². The highest BCUT2D eigenvalue weighted by Crippen LogP contribution is 2.40. The van der Waals surface area contributed by atoms with E-state index in [1.165, 1.54) is 16.6 Å². The Balaban J connectivity index is 1.35. The van der Waals surface area contributed by atoms with Crippen molar-refractivity contribution in [2.45, 2.75) is 31.4 Å². The van der Waals surface area contributed by atoms with Crippen LogP contribution < -0.4 is 5.73 Å². The number of hydrogen-bond donors (Lipinski definition) is 2. The molecule has 1 saturated heterocycles. The molecule has 7 heteroatoms. The Kier molecular flexibility index (Phi) is 3.65. The average molecular weight is 350 g/mol. The summed E-state index contributed by atoms with van der Waals surface area (Å²) in [5, 5.41) is 8.80. The highest BCUT2D eigenvalue weighted by molar-refractivity contribution is 5.81. The highest BCUT2D eigenvalue weighted by atomic mass is 16.5. The second kappa shape index (κ2) is 6.03. The molecule has 3 aromatic rings. The number of nitrogens with two attached hydrogens (primary N) is 1. The zero-order valence-electron chi connectivity index (χ0n) is 14.6. The molecular formula is C19H22N6O. The number of piperidine rings is 1. The first-order valence-electron chi connectivity index (χ1n) is 9.14. The quantitative estimate of drug-likeness (QED) is 0.734. The molecule has 0 bridgehead atoms. The molecule has 7 nitrogen and oxygen atoms in total. The monoisotopic (exact) mass is 350 g/mol. The van der Waals surface area contributed by atoms with E-state index >= 15 is 0 Å². The maximum atomic E-state index is 6.25. The summed E-state index contributed by atoms with van der Waals surface area (Å²) < 4.78 is 6.25. The Morgan fingerprint density at radius 3 is 2.96 bits per heavy atom. The molecule has 3 N–H and O–H groups in total. The lowest BCUT2D eigenvalue weighted by atomic mass is 9.83. The lowest BCUT2D eigenvalue weighted by Crippen LogP contribution is -2.47. The van der Waals surface area contributed by atoms with Crippen LogP contribution in [0.2, 0.25) is 0 Å². The maximum absolute atomic E-state index is 6.25. The van der Waals surface area contributed by atoms with E-state index in [0.717, 1.165) is 56.7 Å². The van der Waals surface area contributed by atoms with Crippen LogP contribution in [0.4, 0.5) is 5.95 Å². The van der Waals surface area contributed by atoms with Gasteiger partial charge in [-0.05, 0) is 30.9 Å². The number of nitrogen functional groups attached to an aromatic ring is 1. The lowest BCUT2D eigenvalue weighted by molar-refractivity contribution is -0.102. The molecule has 134 valence electrons. The average Bonchev–Trinajstić information content (AvgIpc) is 3.08. The molecule has 1 spiro atoms. The SMILES string of the molecule is Nc1ncc2c(n1)C1(CCN(Cc3[nH]nc4ccccc34)CC1)OCC2. The molecule has 0 unspecified atom stereocenters. The van der Waals surface area contributed by atoms with E-state index in [-0.39, 0.29) is 5.60 Å². The number of aromatic nitrogens is 4. The smallest absolute Gasteiger partial charge is 0.220 e. The van der Waals surface area contributed by atoms with Gasteiger partial charge in [0.1, 0.15) is 5.60 Å². The van der Waals surface area contributed by atoms with Crippen molar-refractivity contribution in [1.82, 2.24) is 25.1 Å². The van der Waals surface area contributed by atoms with Crippen LogP contribution in [-0.2, 0) is 23.3 Å². The summed E-state index contributed by atoms with van der Waals surface area (Å²) in [4.78, 5) is 11.1. The van der Waals surface area contributed by atoms with Crippen LogP contribution in [0.25, 0.3) is 10.9 Å². The van der Waals surface area contributed by atoms with Crippen LogP contribution in [0, 0.1) is 0 Å². The third-order valence-corrected chi connectivity index (χ3v) is 5.65. The Hall–Kier alpha value is -2.51. The first-order valence-corrected chi connectivity index (χ1v) is 9.14. The molecule has 2 aromatic heterocycles. The highest BCUT2D eigenvalue weighted by Gasteiger charge is 2.42. The summed E-state index contributed by atoms with van der Waals surface area (Å²) in [5.41, 5.74) is 9.91. The van der Waals surface area contributed by atoms with Gasteiger partial charge in [0.25, 0.3) is 0 Å². The van der Waals surface area contributed by atoms with Gasteiger partial charge >= 0.3 is 0 Å². The van der Waals surface area contributed by atoms with Crippen LogP contribution in [0.15, 0.2) is 30.5 Å². The van der Waals surface area contributed by atoms with Crippen molar-refractivity contribution in [1.29, 1.82) is 0 Å². The van der Waals surface area contributed by atoms with Gasteiger partial charge in [-0.3, -0.25) is 10.00 Å². The molecule has 0 radical (unpaired) electrons. The summed E-state index contributed by atoms with van der Waals surface area (Å²) in [6, 6.07) is 8.24. The number of anilines is 1. The fourth-order valence-electron chi connectivity index (χ4n) is 4.23. The zero-order valence-corrected chi connectivity index (χ0v) is 14.6. The largest absolute Gasteiger partial charge is 0.368 e. The molecule has 4 heterocycles. The van der Waals surface area contributed by atoms with Gasteiger partial charge in [-0.25, -0.2) is 9.97 Å². The van der Waals surface area contributed by atoms with E-state index in [2.05, 4.69) is 37.2 Å². The Morgan fingerprint density at radius 1 is 1.23 bits per heavy atom. The summed E-state index contributed by atoms with van der Waals surface area (Å²) in [5.74, 6) is 0.333. The Morgan fingerprint density at radius 2 is 2.08 bits per heavy atom. The van der Waals surface area contributed by atoms with E-state index in [9.17, 15) is 0 Å². The van der Waals surface area contributed by atoms with Crippen molar-refractivity contribution in [3.63, 3.8) is 0 Å². The summed E-state index contributed by atoms with van der Waals surface area (Å²) in [7, 11) is 0. The number of nitrogens with one attached hydrogen (secondary N) is 1. The van der Waals surface area contributed by atoms with Crippen molar-refractivity contribution >= 4 is 16.9 Å². The number of para-hydroxylation sites is 1. The predicted molar refractivity (Wildman–Crippen MR) is 98.4 cm³/mol. The minimum Gasteiger partial charge on any atom is -0.368 e. The molecule has 0 saturated carbocycles. The van der Waals surface area contributed by atoms with Crippen LogP contribution in [0.5, 0.6) is 0 Å². The minimum atomic E-state index is -0.308. The van der Waals surface area contributed by atoms with E-state index in [1.807, 2.05) is 18.3 Å². The number of benzene rings is 1. The van der Waals surface area contributed by atoms with Crippen molar-refractivity contribution in [3.8, 4) is 0 Å². The van der Waals surface area contributed by atoms with Crippen molar-refractivity contribution < 1.29 is 4.74 Å². The number of hydrogen-bond acceptors (Lipinski definition) is 6. The number of rotatable bonds is 2. The zero-order chi connectivity index (χ0) is 17.6. The van der Waals surface area contributed by atoms with Crippen LogP contribution in [0.1, 0.15) is 29.8 Å². The van der Waals surface area contributed by atoms with E-state index < -0.39 is 0 Å². The van der Waals surface area contributed by atoms with Crippen molar-refractivity contribution in [2.24, 2.45) is 0 Å². The number of H-pyrrole nitrogens is 1. The molecule has 1 aromatic carbocycles. The van der Waals surface area contributed by atoms with Gasteiger partial charge in [-0.1, -0.05) is 18.2 Å². The number of ether oxygens (including phenoxy) is 1. The maximum Gasteiger partial charge on any atom is 0.220 e. The van der Waals surface area contributed by atoms with E-state index in [0.29, 0.717) is 5.95 Å². The molecule has 2 aliphatic heterocycles. The molecule has 0 amide bonds. The number of fused-ring (bicyclic) bond motifs is 3. The minimum absolute atomic E-state index is 0.308. The fraction of sp³-hybridized carbons (Fsp3) is 0.421. The second-order valence-corrected chi connectivity index (χ2v) is 7.19. The van der Waals surface area contributed by atoms with E-state index in [1.54, 1.807) is 0 Å². The van der Waals surface area contributed by atoms with Gasteiger partial charge in [0, 0.05) is 31.2 Å². The third-order valence-electron chi connectivity index (χ3n) is 5.65. The lowest BCUT2D eigenvalue weighted by Gasteiger charge is -2.44. The predicted octanol–water partition coefficient (Wildman–Crippen LogP) is 2.00. The standard InChI is InChI=1S/C19H22N6O/c20-18-21-11-13-5-10-26-19(17(13)22-18)6-8-25(9-7-19)12-16-14-3-1-2-4-15(14)23-24-16/h1-4,11H,5-10,12H2,(H,23,24)(H2,20,21,22). The molecule has 5 rings (SSSR count). The molecule has 0 aliphatic carbocycles. The topological polar surface area (TPSA) is 93.0 Å².